The molecular weight excluding hydrogens is 339 g/mol. The topological polar surface area (TPSA) is 0 Å². The first kappa shape index (κ1) is 27.5. The highest BCUT2D eigenvalue weighted by atomic mass is 27.0. The van der Waals surface area contributed by atoms with E-state index in [4.69, 9.17) is 0 Å². The van der Waals surface area contributed by atoms with Crippen molar-refractivity contribution < 1.29 is 0 Å². The molecule has 0 saturated carbocycles. The summed E-state index contributed by atoms with van der Waals surface area (Å²) in [6, 6.07) is 0. The molecule has 0 heterocycles. The SMILES string of the molecule is CCCCCCC(CCCCCC)[C]([AlH2])(CCCCCC)CCCCCC. The van der Waals surface area contributed by atoms with Crippen molar-refractivity contribution in [3.8, 4) is 0 Å². The fourth-order valence-corrected chi connectivity index (χ4v) is 6.21. The second kappa shape index (κ2) is 19.8. The molecule has 1 heteroatoms. The Bertz CT molecular complexity index is 262. The predicted molar refractivity (Wildman–Crippen MR) is 130 cm³/mol. The summed E-state index contributed by atoms with van der Waals surface area (Å²) in [5.41, 5.74) is 0. The van der Waals surface area contributed by atoms with Gasteiger partial charge in [-0.3, -0.25) is 0 Å². The third kappa shape index (κ3) is 15.1. The Labute approximate surface area is 182 Å². The third-order valence-corrected chi connectivity index (χ3v) is 8.82. The monoisotopic (exact) mass is 394 g/mol. The summed E-state index contributed by atoms with van der Waals surface area (Å²) in [6.07, 6.45) is 29.4. The van der Waals surface area contributed by atoms with E-state index in [0.717, 1.165) is 10.2 Å². The van der Waals surface area contributed by atoms with Crippen LogP contribution in [-0.4, -0.2) is 16.3 Å². The largest absolute Gasteiger partial charge is 0.221 e. The molecule has 0 aromatic carbocycles. The molecule has 0 radical (unpaired) electrons. The van der Waals surface area contributed by atoms with Crippen LogP contribution in [0.2, 0.25) is 4.28 Å². The van der Waals surface area contributed by atoms with E-state index in [1.54, 1.807) is 12.8 Å². The zero-order valence-electron chi connectivity index (χ0n) is 20.2. The quantitative estimate of drug-likeness (QED) is 0.134. The number of hydrogen-bond acceptors (Lipinski definition) is 0. The van der Waals surface area contributed by atoms with E-state index >= 15 is 0 Å². The zero-order valence-corrected chi connectivity index (χ0v) is 22.2. The standard InChI is InChI=1S/C26H53.Al.2H/c1-5-9-13-17-21-25(22-18-14-10-6-2)26(23-19-15-11-7-3)24-20-16-12-8-4;;;/h25H,5-24H2,1-4H3;;;. The first-order valence-electron chi connectivity index (χ1n) is 13.1. The molecule has 27 heavy (non-hydrogen) atoms. The van der Waals surface area contributed by atoms with Crippen LogP contribution >= 0.6 is 0 Å². The van der Waals surface area contributed by atoms with Gasteiger partial charge in [-0.2, -0.15) is 0 Å². The van der Waals surface area contributed by atoms with Gasteiger partial charge in [-0.1, -0.05) is 160 Å². The number of rotatable bonds is 21. The van der Waals surface area contributed by atoms with Crippen molar-refractivity contribution in [1.82, 2.24) is 0 Å². The van der Waals surface area contributed by atoms with Gasteiger partial charge in [0, 0.05) is 0 Å². The molecule has 0 aliphatic carbocycles. The molecule has 0 unspecified atom stereocenters. The van der Waals surface area contributed by atoms with Crippen molar-refractivity contribution in [2.45, 2.75) is 160 Å². The van der Waals surface area contributed by atoms with Gasteiger partial charge in [0.25, 0.3) is 0 Å². The van der Waals surface area contributed by atoms with Crippen molar-refractivity contribution >= 4 is 16.3 Å². The number of unbranched alkanes of at least 4 members (excludes halogenated alkanes) is 12. The first-order chi connectivity index (χ1) is 13.1. The van der Waals surface area contributed by atoms with Crippen molar-refractivity contribution in [3.63, 3.8) is 0 Å². The highest BCUT2D eigenvalue weighted by Crippen LogP contribution is 2.48. The summed E-state index contributed by atoms with van der Waals surface area (Å²) in [4.78, 5) is 0. The van der Waals surface area contributed by atoms with Crippen LogP contribution in [0.4, 0.5) is 0 Å². The minimum atomic E-state index is 0.750. The maximum Gasteiger partial charge on any atom is 0.221 e. The molecule has 0 atom stereocenters. The Morgan fingerprint density at radius 2 is 0.815 bits per heavy atom. The van der Waals surface area contributed by atoms with Crippen molar-refractivity contribution in [1.29, 1.82) is 0 Å². The molecule has 0 aromatic heterocycles. The van der Waals surface area contributed by atoms with Crippen molar-refractivity contribution in [2.24, 2.45) is 5.92 Å². The Kier molecular flexibility index (Phi) is 20.2. The first-order valence-corrected chi connectivity index (χ1v) is 14.1. The van der Waals surface area contributed by atoms with E-state index in [0.29, 0.717) is 0 Å². The number of hydrogen-bond donors (Lipinski definition) is 0. The Morgan fingerprint density at radius 3 is 1.15 bits per heavy atom. The van der Waals surface area contributed by atoms with Crippen LogP contribution in [0, 0.1) is 5.92 Å². The van der Waals surface area contributed by atoms with Gasteiger partial charge in [0.05, 0.1) is 0 Å². The minimum absolute atomic E-state index is 0.750. The van der Waals surface area contributed by atoms with Gasteiger partial charge in [0.2, 0.25) is 16.3 Å². The van der Waals surface area contributed by atoms with Crippen molar-refractivity contribution in [3.05, 3.63) is 0 Å². The van der Waals surface area contributed by atoms with Crippen LogP contribution in [0.3, 0.4) is 0 Å². The molecule has 0 aliphatic heterocycles. The normalized spacial score (nSPS) is 12.2. The van der Waals surface area contributed by atoms with Gasteiger partial charge in [-0.05, 0) is 5.92 Å². The lowest BCUT2D eigenvalue weighted by Crippen LogP contribution is -2.25. The second-order valence-corrected chi connectivity index (χ2v) is 11.7. The molecule has 0 N–H and O–H groups in total. The maximum atomic E-state index is 2.35. The summed E-state index contributed by atoms with van der Waals surface area (Å²) in [7, 11) is 0. The molecule has 0 aromatic rings. The van der Waals surface area contributed by atoms with Gasteiger partial charge in [-0.15, -0.1) is 0 Å². The summed E-state index contributed by atoms with van der Waals surface area (Å²) in [5, 5.41) is 0. The van der Waals surface area contributed by atoms with Crippen molar-refractivity contribution in [2.75, 3.05) is 0 Å². The summed E-state index contributed by atoms with van der Waals surface area (Å²) in [6.45, 7) is 9.40. The summed E-state index contributed by atoms with van der Waals surface area (Å²) >= 11 is 1.43. The fourth-order valence-electron chi connectivity index (χ4n) is 4.92. The van der Waals surface area contributed by atoms with Gasteiger partial charge in [0.1, 0.15) is 0 Å². The van der Waals surface area contributed by atoms with Crippen LogP contribution in [-0.2, 0) is 0 Å². The van der Waals surface area contributed by atoms with Crippen LogP contribution in [0.5, 0.6) is 0 Å². The molecule has 0 amide bonds. The average molecular weight is 395 g/mol. The van der Waals surface area contributed by atoms with E-state index in [-0.39, 0.29) is 0 Å². The van der Waals surface area contributed by atoms with E-state index in [1.807, 2.05) is 0 Å². The zero-order chi connectivity index (χ0) is 20.2. The Balaban J connectivity index is 4.81. The molecule has 0 rings (SSSR count). The van der Waals surface area contributed by atoms with E-state index in [2.05, 4.69) is 27.7 Å². The molecule has 0 fully saturated rings. The molecule has 0 saturated heterocycles. The van der Waals surface area contributed by atoms with Gasteiger partial charge in [0.15, 0.2) is 0 Å². The lowest BCUT2D eigenvalue weighted by Gasteiger charge is -2.40. The highest BCUT2D eigenvalue weighted by Gasteiger charge is 2.32. The van der Waals surface area contributed by atoms with E-state index < -0.39 is 0 Å². The van der Waals surface area contributed by atoms with Crippen LogP contribution in [0.15, 0.2) is 0 Å². The summed E-state index contributed by atoms with van der Waals surface area (Å²) < 4.78 is 0.750. The summed E-state index contributed by atoms with van der Waals surface area (Å²) in [5.74, 6) is 1.04. The Hall–Kier alpha value is 0.532. The molecule has 0 aliphatic rings. The molecular formula is C26H55Al. The van der Waals surface area contributed by atoms with E-state index in [1.165, 1.54) is 132 Å². The lowest BCUT2D eigenvalue weighted by atomic mass is 9.76. The van der Waals surface area contributed by atoms with Gasteiger partial charge >= 0.3 is 0 Å². The third-order valence-electron chi connectivity index (χ3n) is 7.00. The highest BCUT2D eigenvalue weighted by molar-refractivity contribution is 6.15. The van der Waals surface area contributed by atoms with E-state index in [9.17, 15) is 0 Å². The molecule has 0 bridgehead atoms. The van der Waals surface area contributed by atoms with Crippen LogP contribution in [0.25, 0.3) is 0 Å². The fraction of sp³-hybridized carbons (Fsp3) is 1.00. The van der Waals surface area contributed by atoms with Gasteiger partial charge < -0.3 is 0 Å². The van der Waals surface area contributed by atoms with Crippen LogP contribution in [0.1, 0.15) is 156 Å². The molecule has 0 spiro atoms. The predicted octanol–water partition coefficient (Wildman–Crippen LogP) is 9.28. The average Bonchev–Trinajstić information content (AvgIpc) is 2.67. The van der Waals surface area contributed by atoms with Crippen LogP contribution < -0.4 is 0 Å². The minimum Gasteiger partial charge on any atom is -0.0769 e. The van der Waals surface area contributed by atoms with Gasteiger partial charge in [-0.25, -0.2) is 0 Å². The molecule has 162 valence electrons. The Morgan fingerprint density at radius 1 is 0.481 bits per heavy atom. The molecule has 0 nitrogen and oxygen atoms in total. The lowest BCUT2D eigenvalue weighted by molar-refractivity contribution is 0.255. The maximum absolute atomic E-state index is 2.35. The second-order valence-electron chi connectivity index (χ2n) is 9.67. The smallest absolute Gasteiger partial charge is 0.0769 e.